The number of hydrogen-bond acceptors (Lipinski definition) is 3. The molecular weight excluding hydrogens is 196 g/mol. The van der Waals surface area contributed by atoms with Gasteiger partial charge >= 0.3 is 11.8 Å². The maximum absolute atomic E-state index is 11.1. The molecule has 0 radical (unpaired) electrons. The monoisotopic (exact) mass is 216 g/mol. The van der Waals surface area contributed by atoms with Gasteiger partial charge in [0.15, 0.2) is 0 Å². The van der Waals surface area contributed by atoms with E-state index in [2.05, 4.69) is 10.6 Å². The van der Waals surface area contributed by atoms with Gasteiger partial charge in [0.25, 0.3) is 0 Å². The first-order chi connectivity index (χ1) is 6.93. The van der Waals surface area contributed by atoms with Gasteiger partial charge in [-0.05, 0) is 19.3 Å². The molecule has 5 nitrogen and oxygen atoms in total. The summed E-state index contributed by atoms with van der Waals surface area (Å²) in [6, 6.07) is 0. The van der Waals surface area contributed by atoms with Gasteiger partial charge in [-0.15, -0.1) is 0 Å². The van der Waals surface area contributed by atoms with Crippen LogP contribution in [0, 0.1) is 5.92 Å². The molecule has 0 aliphatic rings. The molecule has 5 heteroatoms. The molecule has 2 amide bonds. The number of aliphatic hydroxyl groups is 1. The van der Waals surface area contributed by atoms with Crippen molar-refractivity contribution in [3.8, 4) is 0 Å². The molecule has 0 heterocycles. The highest BCUT2D eigenvalue weighted by Crippen LogP contribution is 1.95. The van der Waals surface area contributed by atoms with E-state index in [0.717, 1.165) is 6.42 Å². The molecule has 0 bridgehead atoms. The predicted octanol–water partition coefficient (Wildman–Crippen LogP) is -0.354. The highest BCUT2D eigenvalue weighted by molar-refractivity contribution is 6.35. The lowest BCUT2D eigenvalue weighted by molar-refractivity contribution is -0.139. The lowest BCUT2D eigenvalue weighted by atomic mass is 10.1. The molecule has 0 fully saturated rings. The van der Waals surface area contributed by atoms with Crippen LogP contribution in [0.2, 0.25) is 0 Å². The molecule has 0 saturated heterocycles. The fourth-order valence-electron chi connectivity index (χ4n) is 0.875. The Morgan fingerprint density at radius 1 is 1.13 bits per heavy atom. The minimum Gasteiger partial charge on any atom is -0.392 e. The zero-order valence-corrected chi connectivity index (χ0v) is 9.54. The Morgan fingerprint density at radius 2 is 1.67 bits per heavy atom. The third kappa shape index (κ3) is 7.93. The third-order valence-electron chi connectivity index (χ3n) is 1.77. The minimum absolute atomic E-state index is 0.0937. The number of rotatable bonds is 5. The Kier molecular flexibility index (Phi) is 6.70. The first-order valence-electron chi connectivity index (χ1n) is 5.17. The smallest absolute Gasteiger partial charge is 0.309 e. The fourth-order valence-corrected chi connectivity index (χ4v) is 0.875. The average molecular weight is 216 g/mol. The first-order valence-corrected chi connectivity index (χ1v) is 5.17. The highest BCUT2D eigenvalue weighted by atomic mass is 16.3. The van der Waals surface area contributed by atoms with Crippen molar-refractivity contribution in [1.82, 2.24) is 10.6 Å². The van der Waals surface area contributed by atoms with Crippen molar-refractivity contribution in [3.05, 3.63) is 0 Å². The van der Waals surface area contributed by atoms with Crippen LogP contribution in [0.4, 0.5) is 0 Å². The summed E-state index contributed by atoms with van der Waals surface area (Å²) in [5, 5.41) is 13.7. The normalized spacial score (nSPS) is 12.3. The molecule has 15 heavy (non-hydrogen) atoms. The Bertz CT molecular complexity index is 215. The topological polar surface area (TPSA) is 78.4 Å². The number of carbonyl (C=O) groups excluding carboxylic acids is 2. The van der Waals surface area contributed by atoms with Crippen molar-refractivity contribution in [2.45, 2.75) is 33.3 Å². The van der Waals surface area contributed by atoms with Crippen LogP contribution in [0.25, 0.3) is 0 Å². The van der Waals surface area contributed by atoms with Crippen molar-refractivity contribution >= 4 is 11.8 Å². The zero-order chi connectivity index (χ0) is 11.8. The van der Waals surface area contributed by atoms with Crippen LogP contribution in [0.5, 0.6) is 0 Å². The summed E-state index contributed by atoms with van der Waals surface area (Å²) in [5.41, 5.74) is 0. The maximum Gasteiger partial charge on any atom is 0.309 e. The average Bonchev–Trinajstić information content (AvgIpc) is 2.13. The SMILES string of the molecule is CC(C)CCNC(=O)C(=O)NC[C@H](C)O. The third-order valence-corrected chi connectivity index (χ3v) is 1.77. The van der Waals surface area contributed by atoms with Gasteiger partial charge in [0.1, 0.15) is 0 Å². The van der Waals surface area contributed by atoms with E-state index in [-0.39, 0.29) is 6.54 Å². The Hall–Kier alpha value is -1.10. The van der Waals surface area contributed by atoms with Crippen molar-refractivity contribution in [3.63, 3.8) is 0 Å². The lowest BCUT2D eigenvalue weighted by Gasteiger charge is -2.08. The first kappa shape index (κ1) is 13.9. The van der Waals surface area contributed by atoms with Gasteiger partial charge in [0.05, 0.1) is 6.10 Å². The van der Waals surface area contributed by atoms with E-state index < -0.39 is 17.9 Å². The van der Waals surface area contributed by atoms with Gasteiger partial charge in [-0.25, -0.2) is 0 Å². The largest absolute Gasteiger partial charge is 0.392 e. The number of hydrogen-bond donors (Lipinski definition) is 3. The van der Waals surface area contributed by atoms with Crippen LogP contribution in [0.1, 0.15) is 27.2 Å². The molecule has 0 aliphatic carbocycles. The van der Waals surface area contributed by atoms with E-state index in [4.69, 9.17) is 5.11 Å². The number of carbonyl (C=O) groups is 2. The summed E-state index contributed by atoms with van der Waals surface area (Å²) in [5.74, 6) is -0.846. The molecule has 0 aliphatic heterocycles. The molecule has 0 rings (SSSR count). The van der Waals surface area contributed by atoms with Gasteiger partial charge < -0.3 is 15.7 Å². The highest BCUT2D eigenvalue weighted by Gasteiger charge is 2.12. The minimum atomic E-state index is -0.695. The van der Waals surface area contributed by atoms with E-state index in [1.807, 2.05) is 13.8 Å². The summed E-state index contributed by atoms with van der Waals surface area (Å²) in [4.78, 5) is 22.2. The Balaban J connectivity index is 3.65. The second-order valence-corrected chi connectivity index (χ2v) is 4.00. The fraction of sp³-hybridized carbons (Fsp3) is 0.800. The summed E-state index contributed by atoms with van der Waals surface area (Å²) >= 11 is 0. The van der Waals surface area contributed by atoms with Crippen molar-refractivity contribution in [1.29, 1.82) is 0 Å². The number of nitrogens with one attached hydrogen (secondary N) is 2. The Labute approximate surface area is 90.2 Å². The molecule has 0 aromatic carbocycles. The van der Waals surface area contributed by atoms with E-state index in [9.17, 15) is 9.59 Å². The predicted molar refractivity (Wildman–Crippen MR) is 57.2 cm³/mol. The van der Waals surface area contributed by atoms with Crippen molar-refractivity contribution in [2.24, 2.45) is 5.92 Å². The van der Waals surface area contributed by atoms with E-state index >= 15 is 0 Å². The van der Waals surface area contributed by atoms with Gasteiger partial charge in [0, 0.05) is 13.1 Å². The second-order valence-electron chi connectivity index (χ2n) is 4.00. The van der Waals surface area contributed by atoms with E-state index in [0.29, 0.717) is 12.5 Å². The summed E-state index contributed by atoms with van der Waals surface area (Å²) in [6.07, 6.45) is 0.201. The van der Waals surface area contributed by atoms with Gasteiger partial charge in [-0.3, -0.25) is 9.59 Å². The van der Waals surface area contributed by atoms with Crippen LogP contribution in [-0.4, -0.2) is 36.1 Å². The maximum atomic E-state index is 11.1. The van der Waals surface area contributed by atoms with Crippen LogP contribution in [-0.2, 0) is 9.59 Å². The van der Waals surface area contributed by atoms with E-state index in [1.165, 1.54) is 6.92 Å². The standard InChI is InChI=1S/C10H20N2O3/c1-7(2)4-5-11-9(14)10(15)12-6-8(3)13/h7-8,13H,4-6H2,1-3H3,(H,11,14)(H,12,15)/t8-/m0/s1. The lowest BCUT2D eigenvalue weighted by Crippen LogP contribution is -2.42. The van der Waals surface area contributed by atoms with Gasteiger partial charge in [0.2, 0.25) is 0 Å². The quantitative estimate of drug-likeness (QED) is 0.549. The number of aliphatic hydroxyl groups excluding tert-OH is 1. The molecule has 0 aromatic heterocycles. The van der Waals surface area contributed by atoms with Gasteiger partial charge in [-0.1, -0.05) is 13.8 Å². The van der Waals surface area contributed by atoms with Crippen LogP contribution < -0.4 is 10.6 Å². The molecule has 1 atom stereocenters. The zero-order valence-electron chi connectivity index (χ0n) is 9.54. The molecule has 88 valence electrons. The molecule has 0 saturated carbocycles. The summed E-state index contributed by atoms with van der Waals surface area (Å²) < 4.78 is 0. The Morgan fingerprint density at radius 3 is 2.13 bits per heavy atom. The number of amides is 2. The van der Waals surface area contributed by atoms with Crippen LogP contribution in [0.3, 0.4) is 0 Å². The molecule has 0 unspecified atom stereocenters. The molecule has 0 spiro atoms. The molecular formula is C10H20N2O3. The summed E-state index contributed by atoms with van der Waals surface area (Å²) in [6.45, 7) is 6.21. The second kappa shape index (κ2) is 7.23. The summed E-state index contributed by atoms with van der Waals surface area (Å²) in [7, 11) is 0. The van der Waals surface area contributed by atoms with Crippen molar-refractivity contribution in [2.75, 3.05) is 13.1 Å². The molecule has 3 N–H and O–H groups in total. The molecule has 0 aromatic rings. The van der Waals surface area contributed by atoms with Crippen molar-refractivity contribution < 1.29 is 14.7 Å². The van der Waals surface area contributed by atoms with Crippen LogP contribution in [0.15, 0.2) is 0 Å². The van der Waals surface area contributed by atoms with Gasteiger partial charge in [-0.2, -0.15) is 0 Å². The van der Waals surface area contributed by atoms with E-state index in [1.54, 1.807) is 0 Å². The van der Waals surface area contributed by atoms with Crippen LogP contribution >= 0.6 is 0 Å².